The quantitative estimate of drug-likeness (QED) is 0.420. The molecule has 0 aliphatic rings. The minimum Gasteiger partial charge on any atom is -0.319 e. The maximum Gasteiger partial charge on any atom is 0.261 e. The molecule has 0 aliphatic carbocycles. The van der Waals surface area contributed by atoms with Crippen LogP contribution in [0.1, 0.15) is 10.4 Å². The maximum atomic E-state index is 12.8. The largest absolute Gasteiger partial charge is 0.319 e. The second kappa shape index (κ2) is 8.66. The number of amides is 1. The van der Waals surface area contributed by atoms with Crippen molar-refractivity contribution in [1.29, 1.82) is 0 Å². The third-order valence-electron chi connectivity index (χ3n) is 4.17. The minimum absolute atomic E-state index is 0.0363. The molecular formula is C20H15BrN6O3S. The first-order valence-corrected chi connectivity index (χ1v) is 11.2. The van der Waals surface area contributed by atoms with Gasteiger partial charge in [-0.05, 0) is 54.6 Å². The lowest BCUT2D eigenvalue weighted by molar-refractivity contribution is 0.102. The Morgan fingerprint density at radius 1 is 1.03 bits per heavy atom. The molecule has 0 spiro atoms. The monoisotopic (exact) mass is 498 g/mol. The van der Waals surface area contributed by atoms with Crippen LogP contribution in [-0.2, 0) is 10.0 Å². The van der Waals surface area contributed by atoms with Gasteiger partial charge in [0.2, 0.25) is 0 Å². The van der Waals surface area contributed by atoms with Gasteiger partial charge < -0.3 is 5.32 Å². The number of carbonyl (C=O) groups excluding carboxylic acids is 1. The standard InChI is InChI=1S/C20H15BrN6O3S/c21-15-6-8-16(9-7-15)26-31(29,30)17-4-1-3-14(11-17)20(28)25-18-5-2-10-23-19(18)27-13-22-12-24-27/h1-13,26H,(H,25,28). The van der Waals surface area contributed by atoms with Crippen LogP contribution in [0.5, 0.6) is 0 Å². The van der Waals surface area contributed by atoms with Gasteiger partial charge in [-0.15, -0.1) is 0 Å². The van der Waals surface area contributed by atoms with Gasteiger partial charge in [0.1, 0.15) is 12.7 Å². The molecule has 4 rings (SSSR count). The van der Waals surface area contributed by atoms with Crippen LogP contribution >= 0.6 is 15.9 Å². The van der Waals surface area contributed by atoms with E-state index < -0.39 is 15.9 Å². The highest BCUT2D eigenvalue weighted by molar-refractivity contribution is 9.10. The van der Waals surface area contributed by atoms with Gasteiger partial charge in [-0.3, -0.25) is 9.52 Å². The van der Waals surface area contributed by atoms with Crippen molar-refractivity contribution in [3.8, 4) is 5.82 Å². The number of anilines is 2. The molecule has 2 aromatic heterocycles. The van der Waals surface area contributed by atoms with Gasteiger partial charge in [-0.1, -0.05) is 22.0 Å². The Hall–Kier alpha value is -3.57. The van der Waals surface area contributed by atoms with Crippen LogP contribution in [0.3, 0.4) is 0 Å². The number of halogens is 1. The van der Waals surface area contributed by atoms with Gasteiger partial charge in [0.25, 0.3) is 15.9 Å². The van der Waals surface area contributed by atoms with Gasteiger partial charge in [-0.25, -0.2) is 23.1 Å². The Morgan fingerprint density at radius 2 is 1.84 bits per heavy atom. The molecule has 2 N–H and O–H groups in total. The molecule has 0 fully saturated rings. The molecule has 9 nitrogen and oxygen atoms in total. The fourth-order valence-electron chi connectivity index (χ4n) is 2.73. The second-order valence-electron chi connectivity index (χ2n) is 6.31. The van der Waals surface area contributed by atoms with Crippen molar-refractivity contribution in [3.63, 3.8) is 0 Å². The van der Waals surface area contributed by atoms with Crippen molar-refractivity contribution in [3.05, 3.63) is 89.6 Å². The van der Waals surface area contributed by atoms with Crippen LogP contribution < -0.4 is 10.0 Å². The van der Waals surface area contributed by atoms with Gasteiger partial charge in [-0.2, -0.15) is 5.10 Å². The summed E-state index contributed by atoms with van der Waals surface area (Å²) in [5, 5.41) is 6.76. The summed E-state index contributed by atoms with van der Waals surface area (Å²) in [4.78, 5) is 20.9. The van der Waals surface area contributed by atoms with Gasteiger partial charge >= 0.3 is 0 Å². The number of hydrogen-bond acceptors (Lipinski definition) is 6. The Balaban J connectivity index is 1.57. The normalized spacial score (nSPS) is 11.1. The van der Waals surface area contributed by atoms with Crippen LogP contribution in [0, 0.1) is 0 Å². The van der Waals surface area contributed by atoms with Gasteiger partial charge in [0, 0.05) is 21.9 Å². The SMILES string of the molecule is O=C(Nc1cccnc1-n1cncn1)c1cccc(S(=O)(=O)Nc2ccc(Br)cc2)c1. The molecule has 0 saturated heterocycles. The zero-order chi connectivity index (χ0) is 21.8. The smallest absolute Gasteiger partial charge is 0.261 e. The Kier molecular flexibility index (Phi) is 5.78. The molecule has 31 heavy (non-hydrogen) atoms. The molecule has 0 bridgehead atoms. The van der Waals surface area contributed by atoms with Crippen LogP contribution in [0.25, 0.3) is 5.82 Å². The van der Waals surface area contributed by atoms with E-state index in [4.69, 9.17) is 0 Å². The molecular weight excluding hydrogens is 484 g/mol. The molecule has 1 amide bonds. The first-order chi connectivity index (χ1) is 14.9. The van der Waals surface area contributed by atoms with E-state index in [0.717, 1.165) is 4.47 Å². The summed E-state index contributed by atoms with van der Waals surface area (Å²) >= 11 is 3.31. The summed E-state index contributed by atoms with van der Waals surface area (Å²) in [5.41, 5.74) is 0.984. The Bertz CT molecular complexity index is 1330. The number of hydrogen-bond donors (Lipinski definition) is 2. The highest BCUT2D eigenvalue weighted by Gasteiger charge is 2.18. The van der Waals surface area contributed by atoms with Crippen molar-refractivity contribution in [2.75, 3.05) is 10.0 Å². The lowest BCUT2D eigenvalue weighted by Gasteiger charge is -2.11. The van der Waals surface area contributed by atoms with E-state index in [1.165, 1.54) is 41.6 Å². The molecule has 2 aromatic carbocycles. The molecule has 0 unspecified atom stereocenters. The summed E-state index contributed by atoms with van der Waals surface area (Å²) in [5.74, 6) is -0.107. The first kappa shape index (κ1) is 20.7. The van der Waals surface area contributed by atoms with E-state index in [0.29, 0.717) is 17.2 Å². The average molecular weight is 499 g/mol. The number of benzene rings is 2. The van der Waals surface area contributed by atoms with Gasteiger partial charge in [0.15, 0.2) is 5.82 Å². The first-order valence-electron chi connectivity index (χ1n) is 8.92. The summed E-state index contributed by atoms with van der Waals surface area (Å²) < 4.78 is 30.2. The molecule has 156 valence electrons. The van der Waals surface area contributed by atoms with Crippen LogP contribution in [-0.4, -0.2) is 34.1 Å². The Labute approximate surface area is 186 Å². The number of aromatic nitrogens is 4. The summed E-state index contributed by atoms with van der Waals surface area (Å²) in [6.45, 7) is 0. The molecule has 0 radical (unpaired) electrons. The number of carbonyl (C=O) groups is 1. The van der Waals surface area contributed by atoms with Crippen molar-refractivity contribution in [1.82, 2.24) is 19.7 Å². The molecule has 0 atom stereocenters. The molecule has 0 saturated carbocycles. The van der Waals surface area contributed by atoms with E-state index >= 15 is 0 Å². The third kappa shape index (κ3) is 4.78. The van der Waals surface area contributed by atoms with Crippen molar-refractivity contribution >= 4 is 43.2 Å². The molecule has 11 heteroatoms. The van der Waals surface area contributed by atoms with Crippen molar-refractivity contribution in [2.45, 2.75) is 4.90 Å². The second-order valence-corrected chi connectivity index (χ2v) is 8.91. The predicted molar refractivity (Wildman–Crippen MR) is 118 cm³/mol. The van der Waals surface area contributed by atoms with Crippen molar-refractivity contribution < 1.29 is 13.2 Å². The van der Waals surface area contributed by atoms with Crippen molar-refractivity contribution in [2.24, 2.45) is 0 Å². The fourth-order valence-corrected chi connectivity index (χ4v) is 4.09. The summed E-state index contributed by atoms with van der Waals surface area (Å²) in [7, 11) is -3.88. The van der Waals surface area contributed by atoms with Gasteiger partial charge in [0.05, 0.1) is 10.6 Å². The zero-order valence-electron chi connectivity index (χ0n) is 15.8. The Morgan fingerprint density at radius 3 is 2.58 bits per heavy atom. The molecule has 4 aromatic rings. The number of rotatable bonds is 6. The van der Waals surface area contributed by atoms with Crippen LogP contribution in [0.4, 0.5) is 11.4 Å². The number of nitrogens with zero attached hydrogens (tertiary/aromatic N) is 4. The van der Waals surface area contributed by atoms with Crippen LogP contribution in [0.15, 0.2) is 88.9 Å². The minimum atomic E-state index is -3.88. The van der Waals surface area contributed by atoms with E-state index in [-0.39, 0.29) is 10.5 Å². The summed E-state index contributed by atoms with van der Waals surface area (Å²) in [6, 6.07) is 15.8. The summed E-state index contributed by atoms with van der Waals surface area (Å²) in [6.07, 6.45) is 4.37. The highest BCUT2D eigenvalue weighted by atomic mass is 79.9. The predicted octanol–water partition coefficient (Wildman–Crippen LogP) is 3.48. The molecule has 0 aliphatic heterocycles. The fraction of sp³-hybridized carbons (Fsp3) is 0. The van der Waals surface area contributed by atoms with E-state index in [9.17, 15) is 13.2 Å². The zero-order valence-corrected chi connectivity index (χ0v) is 18.2. The van der Waals surface area contributed by atoms with E-state index in [2.05, 4.69) is 41.0 Å². The molecule has 2 heterocycles. The van der Waals surface area contributed by atoms with E-state index in [1.807, 2.05) is 0 Å². The van der Waals surface area contributed by atoms with Crippen LogP contribution in [0.2, 0.25) is 0 Å². The number of nitrogens with one attached hydrogen (secondary N) is 2. The maximum absolute atomic E-state index is 12.8. The average Bonchev–Trinajstić information content (AvgIpc) is 3.30. The lowest BCUT2D eigenvalue weighted by Crippen LogP contribution is -2.17. The number of pyridine rings is 1. The van der Waals surface area contributed by atoms with E-state index in [1.54, 1.807) is 42.6 Å². The third-order valence-corrected chi connectivity index (χ3v) is 6.08. The number of sulfonamides is 1. The topological polar surface area (TPSA) is 119 Å². The highest BCUT2D eigenvalue weighted by Crippen LogP contribution is 2.21. The lowest BCUT2D eigenvalue weighted by atomic mass is 10.2.